The van der Waals surface area contributed by atoms with Crippen LogP contribution in [0.5, 0.6) is 0 Å². The minimum atomic E-state index is -6.66. The number of hydrogen-bond donors (Lipinski definition) is 0. The molecule has 23 heavy (non-hydrogen) atoms. The fourth-order valence-electron chi connectivity index (χ4n) is 2.05. The number of carbonyl (C=O) groups excluding carboxylic acids is 1. The average molecular weight is 361 g/mol. The number of nitrogens with zero attached hydrogens (tertiary/aromatic N) is 1. The van der Waals surface area contributed by atoms with E-state index >= 15 is 0 Å². The monoisotopic (exact) mass is 361 g/mol. The van der Waals surface area contributed by atoms with Crippen molar-refractivity contribution in [3.8, 4) is 0 Å². The molecule has 0 aromatic heterocycles. The van der Waals surface area contributed by atoms with Gasteiger partial charge in [-0.25, -0.2) is 0 Å². The van der Waals surface area contributed by atoms with Crippen molar-refractivity contribution in [1.82, 2.24) is 4.90 Å². The molecule has 4 nitrogen and oxygen atoms in total. The number of halogens is 9. The van der Waals surface area contributed by atoms with Crippen molar-refractivity contribution in [1.29, 1.82) is 0 Å². The largest absolute Gasteiger partial charge is 0.428 e. The highest BCUT2D eigenvalue weighted by molar-refractivity contribution is 5.85. The smallest absolute Gasteiger partial charge is 0.378 e. The van der Waals surface area contributed by atoms with E-state index in [9.17, 15) is 44.3 Å². The van der Waals surface area contributed by atoms with E-state index in [4.69, 9.17) is 0 Å². The number of alkyl halides is 9. The van der Waals surface area contributed by atoms with Gasteiger partial charge in [-0.2, -0.15) is 39.5 Å². The van der Waals surface area contributed by atoms with Gasteiger partial charge in [0.05, 0.1) is 13.2 Å². The van der Waals surface area contributed by atoms with Gasteiger partial charge in [-0.05, 0) is 0 Å². The highest BCUT2D eigenvalue weighted by Crippen LogP contribution is 2.64. The normalized spacial score (nSPS) is 32.8. The van der Waals surface area contributed by atoms with Crippen LogP contribution in [0.2, 0.25) is 0 Å². The van der Waals surface area contributed by atoms with Crippen LogP contribution < -0.4 is 0 Å². The van der Waals surface area contributed by atoms with E-state index in [-0.39, 0.29) is 18.1 Å². The number of carbonyl (C=O) groups is 1. The Morgan fingerprint density at radius 2 is 1.39 bits per heavy atom. The quantitative estimate of drug-likeness (QED) is 0.707. The molecule has 1 amide bonds. The lowest BCUT2D eigenvalue weighted by atomic mass is 9.99. The van der Waals surface area contributed by atoms with Crippen molar-refractivity contribution >= 4 is 5.91 Å². The molecule has 0 aliphatic carbocycles. The first-order chi connectivity index (χ1) is 10.2. The predicted molar refractivity (Wildman–Crippen MR) is 52.1 cm³/mol. The van der Waals surface area contributed by atoms with Crippen LogP contribution in [0, 0.1) is 0 Å². The molecule has 2 aliphatic heterocycles. The van der Waals surface area contributed by atoms with E-state index in [1.54, 1.807) is 0 Å². The van der Waals surface area contributed by atoms with Gasteiger partial charge in [-0.1, -0.05) is 0 Å². The summed E-state index contributed by atoms with van der Waals surface area (Å²) in [5, 5.41) is 0. The van der Waals surface area contributed by atoms with Gasteiger partial charge in [0, 0.05) is 13.1 Å². The molecule has 2 aliphatic rings. The number of rotatable bonds is 2. The molecular weight excluding hydrogens is 353 g/mol. The predicted octanol–water partition coefficient (Wildman–Crippen LogP) is 2.04. The average Bonchev–Trinajstić information content (AvgIpc) is 2.55. The molecule has 2 rings (SSSR count). The molecule has 0 saturated carbocycles. The topological polar surface area (TPSA) is 38.8 Å². The van der Waals surface area contributed by atoms with Crippen molar-refractivity contribution in [3.05, 3.63) is 0 Å². The molecule has 0 radical (unpaired) electrons. The number of amides is 1. The van der Waals surface area contributed by atoms with Crippen molar-refractivity contribution in [2.45, 2.75) is 29.7 Å². The summed E-state index contributed by atoms with van der Waals surface area (Å²) in [5.74, 6) is -28.1. The first-order valence-electron chi connectivity index (χ1n) is 6.00. The lowest BCUT2D eigenvalue weighted by Gasteiger charge is -2.36. The Morgan fingerprint density at radius 3 is 1.78 bits per heavy atom. The maximum Gasteiger partial charge on any atom is 0.428 e. The van der Waals surface area contributed by atoms with Gasteiger partial charge < -0.3 is 9.64 Å². The summed E-state index contributed by atoms with van der Waals surface area (Å²) in [6, 6.07) is 0. The summed E-state index contributed by atoms with van der Waals surface area (Å²) in [4.78, 5) is 11.6. The van der Waals surface area contributed by atoms with Crippen LogP contribution in [0.15, 0.2) is 0 Å². The Kier molecular flexibility index (Phi) is 3.84. The molecule has 0 N–H and O–H groups in total. The van der Waals surface area contributed by atoms with Crippen LogP contribution in [-0.2, 0) is 14.3 Å². The molecule has 0 aromatic rings. The van der Waals surface area contributed by atoms with E-state index in [0.717, 1.165) is 0 Å². The number of ether oxygens (including phenoxy) is 2. The molecule has 0 spiro atoms. The van der Waals surface area contributed by atoms with E-state index in [0.29, 0.717) is 0 Å². The first kappa shape index (κ1) is 18.1. The Morgan fingerprint density at radius 1 is 0.913 bits per heavy atom. The zero-order chi connectivity index (χ0) is 17.9. The Bertz CT molecular complexity index is 506. The van der Waals surface area contributed by atoms with Gasteiger partial charge in [0.1, 0.15) is 0 Å². The van der Waals surface area contributed by atoms with Crippen LogP contribution in [0.3, 0.4) is 0 Å². The summed E-state index contributed by atoms with van der Waals surface area (Å²) in [6.07, 6.45) is -6.24. The summed E-state index contributed by atoms with van der Waals surface area (Å²) >= 11 is 0. The van der Waals surface area contributed by atoms with E-state index < -0.39 is 48.7 Å². The maximum atomic E-state index is 13.9. The van der Waals surface area contributed by atoms with Crippen molar-refractivity contribution < 1.29 is 53.8 Å². The standard InChI is InChI=1S/C10H8F9NO3/c11-6(12,5(21)20-1-3-22-4-2-20)9(17)7(13,14)8(15,16)10(18,19)23-9/h1-4H2. The molecular formula is C10H8F9NO3. The summed E-state index contributed by atoms with van der Waals surface area (Å²) in [7, 11) is 0. The Balaban J connectivity index is 2.43. The molecule has 1 unspecified atom stereocenters. The van der Waals surface area contributed by atoms with Gasteiger partial charge in [-0.3, -0.25) is 9.53 Å². The second-order valence-corrected chi connectivity index (χ2v) is 4.84. The molecule has 134 valence electrons. The minimum Gasteiger partial charge on any atom is -0.378 e. The summed E-state index contributed by atoms with van der Waals surface area (Å²) in [5.41, 5.74) is 0. The highest BCUT2D eigenvalue weighted by atomic mass is 19.4. The molecule has 2 fully saturated rings. The van der Waals surface area contributed by atoms with Gasteiger partial charge >= 0.3 is 29.7 Å². The lowest BCUT2D eigenvalue weighted by Crippen LogP contribution is -2.65. The second-order valence-electron chi connectivity index (χ2n) is 4.84. The van der Waals surface area contributed by atoms with Crippen LogP contribution in [0.1, 0.15) is 0 Å². The van der Waals surface area contributed by atoms with Crippen LogP contribution in [-0.4, -0.2) is 66.8 Å². The van der Waals surface area contributed by atoms with Gasteiger partial charge in [0.25, 0.3) is 5.91 Å². The third-order valence-electron chi connectivity index (χ3n) is 3.40. The van der Waals surface area contributed by atoms with Crippen molar-refractivity contribution in [2.24, 2.45) is 0 Å². The number of hydrogen-bond acceptors (Lipinski definition) is 3. The van der Waals surface area contributed by atoms with Crippen LogP contribution in [0.25, 0.3) is 0 Å². The lowest BCUT2D eigenvalue weighted by molar-refractivity contribution is -0.368. The fourth-order valence-corrected chi connectivity index (χ4v) is 2.05. The maximum absolute atomic E-state index is 13.9. The molecule has 0 bridgehead atoms. The fraction of sp³-hybridized carbons (Fsp3) is 0.900. The summed E-state index contributed by atoms with van der Waals surface area (Å²) < 4.78 is 126. The Labute approximate surface area is 122 Å². The van der Waals surface area contributed by atoms with Crippen LogP contribution >= 0.6 is 0 Å². The summed E-state index contributed by atoms with van der Waals surface area (Å²) in [6.45, 7) is -1.82. The highest BCUT2D eigenvalue weighted by Gasteiger charge is 2.96. The Hall–Kier alpha value is -1.24. The molecule has 0 aromatic carbocycles. The molecule has 2 heterocycles. The SMILES string of the molecule is O=C(N1CCOCC1)C(F)(F)C1(F)OC(F)(F)C(F)(F)C1(F)F. The number of morpholine rings is 1. The van der Waals surface area contributed by atoms with Gasteiger partial charge in [-0.15, -0.1) is 0 Å². The van der Waals surface area contributed by atoms with Crippen LogP contribution in [0.4, 0.5) is 39.5 Å². The van der Waals surface area contributed by atoms with E-state index in [2.05, 4.69) is 9.47 Å². The van der Waals surface area contributed by atoms with E-state index in [1.807, 2.05) is 0 Å². The second kappa shape index (κ2) is 4.88. The van der Waals surface area contributed by atoms with Crippen molar-refractivity contribution in [3.63, 3.8) is 0 Å². The third-order valence-corrected chi connectivity index (χ3v) is 3.40. The minimum absolute atomic E-state index is 0.124. The van der Waals surface area contributed by atoms with Crippen molar-refractivity contribution in [2.75, 3.05) is 26.3 Å². The van der Waals surface area contributed by atoms with E-state index in [1.165, 1.54) is 0 Å². The zero-order valence-corrected chi connectivity index (χ0v) is 10.9. The first-order valence-corrected chi connectivity index (χ1v) is 6.00. The van der Waals surface area contributed by atoms with Gasteiger partial charge in [0.15, 0.2) is 0 Å². The van der Waals surface area contributed by atoms with Gasteiger partial charge in [0.2, 0.25) is 0 Å². The molecule has 13 heteroatoms. The third kappa shape index (κ3) is 2.12. The molecule has 2 saturated heterocycles. The zero-order valence-electron chi connectivity index (χ0n) is 10.9. The molecule has 1 atom stereocenters.